The number of hydrogen-bond donors (Lipinski definition) is 0. The van der Waals surface area contributed by atoms with Gasteiger partial charge in [-0.3, -0.25) is 0 Å². The quantitative estimate of drug-likeness (QED) is 0.331. The summed E-state index contributed by atoms with van der Waals surface area (Å²) in [6.07, 6.45) is 14.6. The van der Waals surface area contributed by atoms with E-state index >= 15 is 0 Å². The van der Waals surface area contributed by atoms with Crippen LogP contribution in [0.3, 0.4) is 0 Å². The highest BCUT2D eigenvalue weighted by Crippen LogP contribution is 2.28. The largest absolute Gasteiger partial charge is 0.0915 e. The van der Waals surface area contributed by atoms with Gasteiger partial charge in [0.25, 0.3) is 0 Å². The molecule has 0 spiro atoms. The van der Waals surface area contributed by atoms with Crippen molar-refractivity contribution >= 4 is 0 Å². The first kappa shape index (κ1) is 25.8. The van der Waals surface area contributed by atoms with E-state index in [9.17, 15) is 0 Å². The average molecular weight is 433 g/mol. The molecule has 33 heavy (non-hydrogen) atoms. The third-order valence-electron chi connectivity index (χ3n) is 5.56. The first-order valence-electron chi connectivity index (χ1n) is 11.8. The molecule has 1 aromatic carbocycles. The van der Waals surface area contributed by atoms with Crippen LogP contribution in [0.25, 0.3) is 0 Å². The van der Waals surface area contributed by atoms with Crippen LogP contribution in [-0.4, -0.2) is 0 Å². The standard InChI is InChI=1S/C31H30.C2H6/c1-23(7-13-28-14-8-24(2)9-15-28)6-12-26(4)31-21-20-30(27(5)22-31)19-18-29-16-10-25(3)11-17-29;1-2/h6,8-10,12,14-16,22H,1,4,11,17,20-21H2,2-3,5H3;1-2H3/b12-6-;. The Morgan fingerprint density at radius 1 is 0.818 bits per heavy atom. The SMILES string of the molecule is C=C(C#Cc1ccc(C)cc1)/C=C\C(=C)C1=CC(C)=C(C#CC2=CC=C(C)CC2)CC1.CC. The van der Waals surface area contributed by atoms with Gasteiger partial charge in [-0.1, -0.05) is 98.3 Å². The maximum Gasteiger partial charge on any atom is 0.0249 e. The molecule has 168 valence electrons. The normalized spacial score (nSPS) is 15.0. The minimum absolute atomic E-state index is 0.780. The van der Waals surface area contributed by atoms with Crippen LogP contribution in [0.4, 0.5) is 0 Å². The van der Waals surface area contributed by atoms with Gasteiger partial charge in [-0.2, -0.15) is 0 Å². The number of aryl methyl sites for hydroxylation is 1. The lowest BCUT2D eigenvalue weighted by Crippen LogP contribution is -1.98. The van der Waals surface area contributed by atoms with Gasteiger partial charge < -0.3 is 0 Å². The minimum atomic E-state index is 0.780. The molecule has 0 atom stereocenters. The van der Waals surface area contributed by atoms with Crippen molar-refractivity contribution in [2.45, 2.75) is 60.3 Å². The van der Waals surface area contributed by atoms with Gasteiger partial charge >= 0.3 is 0 Å². The summed E-state index contributed by atoms with van der Waals surface area (Å²) in [6, 6.07) is 8.20. The predicted octanol–water partition coefficient (Wildman–Crippen LogP) is 8.75. The molecule has 0 heterocycles. The van der Waals surface area contributed by atoms with Crippen molar-refractivity contribution in [1.29, 1.82) is 0 Å². The fraction of sp³-hybridized carbons (Fsp3) is 0.273. The van der Waals surface area contributed by atoms with Crippen molar-refractivity contribution in [3.63, 3.8) is 0 Å². The van der Waals surface area contributed by atoms with Crippen molar-refractivity contribution in [2.24, 2.45) is 0 Å². The maximum atomic E-state index is 4.25. The second-order valence-corrected chi connectivity index (χ2v) is 8.29. The van der Waals surface area contributed by atoms with E-state index in [1.807, 2.05) is 38.1 Å². The molecule has 0 fully saturated rings. The zero-order valence-electron chi connectivity index (χ0n) is 20.9. The van der Waals surface area contributed by atoms with E-state index in [2.05, 4.69) is 88.0 Å². The first-order chi connectivity index (χ1) is 15.9. The summed E-state index contributed by atoms with van der Waals surface area (Å²) in [5.74, 6) is 13.1. The Labute approximate surface area is 201 Å². The zero-order chi connectivity index (χ0) is 24.2. The Balaban J connectivity index is 0.00000187. The van der Waals surface area contributed by atoms with Gasteiger partial charge in [0.05, 0.1) is 0 Å². The molecule has 0 saturated carbocycles. The highest BCUT2D eigenvalue weighted by Gasteiger charge is 2.11. The van der Waals surface area contributed by atoms with E-state index in [1.54, 1.807) is 0 Å². The van der Waals surface area contributed by atoms with Gasteiger partial charge in [0.2, 0.25) is 0 Å². The van der Waals surface area contributed by atoms with Gasteiger partial charge in [0.15, 0.2) is 0 Å². The van der Waals surface area contributed by atoms with Gasteiger partial charge in [0.1, 0.15) is 0 Å². The molecule has 0 N–H and O–H groups in total. The average Bonchev–Trinajstić information content (AvgIpc) is 2.83. The lowest BCUT2D eigenvalue weighted by atomic mass is 9.89. The Kier molecular flexibility index (Phi) is 10.3. The van der Waals surface area contributed by atoms with Crippen molar-refractivity contribution in [1.82, 2.24) is 0 Å². The van der Waals surface area contributed by atoms with Crippen LogP contribution in [0.2, 0.25) is 0 Å². The van der Waals surface area contributed by atoms with Gasteiger partial charge in [-0.15, -0.1) is 0 Å². The van der Waals surface area contributed by atoms with E-state index in [4.69, 9.17) is 0 Å². The van der Waals surface area contributed by atoms with Crippen molar-refractivity contribution in [3.05, 3.63) is 118 Å². The molecule has 0 heteroatoms. The summed E-state index contributed by atoms with van der Waals surface area (Å²) in [5.41, 5.74) is 10.4. The van der Waals surface area contributed by atoms with E-state index in [0.29, 0.717) is 0 Å². The fourth-order valence-electron chi connectivity index (χ4n) is 3.43. The van der Waals surface area contributed by atoms with Crippen molar-refractivity contribution in [3.8, 4) is 23.7 Å². The van der Waals surface area contributed by atoms with Crippen LogP contribution >= 0.6 is 0 Å². The smallest absolute Gasteiger partial charge is 0.0249 e. The number of benzene rings is 1. The van der Waals surface area contributed by atoms with E-state index in [0.717, 1.165) is 42.4 Å². The van der Waals surface area contributed by atoms with Gasteiger partial charge in [-0.25, -0.2) is 0 Å². The Bertz CT molecular complexity index is 1160. The molecule has 0 nitrogen and oxygen atoms in total. The third-order valence-corrected chi connectivity index (χ3v) is 5.56. The first-order valence-corrected chi connectivity index (χ1v) is 11.8. The van der Waals surface area contributed by atoms with Crippen LogP contribution in [0.15, 0.2) is 107 Å². The molecule has 1 aromatic rings. The number of hydrogen-bond acceptors (Lipinski definition) is 0. The molecule has 0 aliphatic heterocycles. The Morgan fingerprint density at radius 3 is 2.18 bits per heavy atom. The van der Waals surface area contributed by atoms with Crippen LogP contribution in [0.5, 0.6) is 0 Å². The number of allylic oxidation sites excluding steroid dienone is 12. The topological polar surface area (TPSA) is 0 Å². The van der Waals surface area contributed by atoms with Crippen LogP contribution in [-0.2, 0) is 0 Å². The van der Waals surface area contributed by atoms with Crippen LogP contribution < -0.4 is 0 Å². The molecule has 2 aliphatic rings. The minimum Gasteiger partial charge on any atom is -0.0915 e. The van der Waals surface area contributed by atoms with E-state index < -0.39 is 0 Å². The van der Waals surface area contributed by atoms with Crippen LogP contribution in [0, 0.1) is 30.6 Å². The molecular formula is C33H36. The number of rotatable bonds is 3. The molecule has 0 saturated heterocycles. The van der Waals surface area contributed by atoms with E-state index in [-0.39, 0.29) is 0 Å². The highest BCUT2D eigenvalue weighted by atomic mass is 14.1. The summed E-state index contributed by atoms with van der Waals surface area (Å²) in [6.45, 7) is 18.7. The van der Waals surface area contributed by atoms with Crippen LogP contribution in [0.1, 0.15) is 64.5 Å². The Morgan fingerprint density at radius 2 is 1.55 bits per heavy atom. The predicted molar refractivity (Wildman–Crippen MR) is 146 cm³/mol. The molecule has 3 rings (SSSR count). The molecular weight excluding hydrogens is 396 g/mol. The maximum absolute atomic E-state index is 4.25. The Hall–Kier alpha value is -3.48. The molecule has 2 aliphatic carbocycles. The lowest BCUT2D eigenvalue weighted by molar-refractivity contribution is 0.926. The second-order valence-electron chi connectivity index (χ2n) is 8.29. The molecule has 0 aromatic heterocycles. The van der Waals surface area contributed by atoms with E-state index in [1.165, 1.54) is 33.4 Å². The molecule has 0 bridgehead atoms. The third kappa shape index (κ3) is 8.52. The highest BCUT2D eigenvalue weighted by molar-refractivity contribution is 5.53. The summed E-state index contributed by atoms with van der Waals surface area (Å²) >= 11 is 0. The molecule has 0 radical (unpaired) electrons. The molecule has 0 unspecified atom stereocenters. The summed E-state index contributed by atoms with van der Waals surface area (Å²) < 4.78 is 0. The van der Waals surface area contributed by atoms with Crippen molar-refractivity contribution in [2.75, 3.05) is 0 Å². The summed E-state index contributed by atoms with van der Waals surface area (Å²) in [7, 11) is 0. The molecule has 0 amide bonds. The summed E-state index contributed by atoms with van der Waals surface area (Å²) in [4.78, 5) is 0. The van der Waals surface area contributed by atoms with Gasteiger partial charge in [-0.05, 0) is 81.4 Å². The second kappa shape index (κ2) is 13.2. The zero-order valence-corrected chi connectivity index (χ0v) is 20.9. The fourth-order valence-corrected chi connectivity index (χ4v) is 3.43. The lowest BCUT2D eigenvalue weighted by Gasteiger charge is -2.15. The summed E-state index contributed by atoms with van der Waals surface area (Å²) in [5, 5.41) is 0. The monoisotopic (exact) mass is 432 g/mol. The van der Waals surface area contributed by atoms with Crippen molar-refractivity contribution < 1.29 is 0 Å². The van der Waals surface area contributed by atoms with Gasteiger partial charge in [0, 0.05) is 22.3 Å².